The van der Waals surface area contributed by atoms with Crippen molar-refractivity contribution < 1.29 is 37.0 Å². The van der Waals surface area contributed by atoms with Crippen LogP contribution in [0.25, 0.3) is 0 Å². The number of para-hydroxylation sites is 1. The van der Waals surface area contributed by atoms with Gasteiger partial charge in [-0.2, -0.15) is 13.2 Å². The Morgan fingerprint density at radius 1 is 1.19 bits per heavy atom. The standard InChI is InChI=1S/C24H26ClF3N4O5/c1-23(2,3)37-22(35)31-10-12-5-4-6-16(24(26,27)28)19(12)36-14-7-13(8-14)21(34)32-17-11-30-18(25)9-15(17)20(29)33/h4-6,9,11,13-14H,7-8,10H2,1-3H3,(H2,29,33)(H,31,35)(H,32,34). The highest BCUT2D eigenvalue weighted by Gasteiger charge is 2.40. The van der Waals surface area contributed by atoms with Crippen molar-refractivity contribution in [1.82, 2.24) is 10.3 Å². The summed E-state index contributed by atoms with van der Waals surface area (Å²) < 4.78 is 51.9. The number of nitrogens with zero attached hydrogens (tertiary/aromatic N) is 1. The van der Waals surface area contributed by atoms with Crippen molar-refractivity contribution in [3.8, 4) is 5.75 Å². The van der Waals surface area contributed by atoms with Crippen LogP contribution < -0.4 is 21.1 Å². The molecule has 4 N–H and O–H groups in total. The minimum absolute atomic E-state index is 0.0178. The summed E-state index contributed by atoms with van der Waals surface area (Å²) in [5, 5.41) is 4.99. The number of rotatable bonds is 7. The number of amides is 3. The Morgan fingerprint density at radius 3 is 2.46 bits per heavy atom. The summed E-state index contributed by atoms with van der Waals surface area (Å²) in [7, 11) is 0. The molecule has 1 aliphatic rings. The number of hydrogen-bond donors (Lipinski definition) is 3. The van der Waals surface area contributed by atoms with Crippen molar-refractivity contribution in [2.24, 2.45) is 11.7 Å². The van der Waals surface area contributed by atoms with Gasteiger partial charge in [0.15, 0.2) is 0 Å². The third-order valence-electron chi connectivity index (χ3n) is 5.37. The minimum atomic E-state index is -4.70. The largest absolute Gasteiger partial charge is 0.489 e. The molecule has 0 atom stereocenters. The summed E-state index contributed by atoms with van der Waals surface area (Å²) in [6.45, 7) is 4.72. The second-order valence-corrected chi connectivity index (χ2v) is 9.85. The van der Waals surface area contributed by atoms with Crippen LogP contribution in [0.2, 0.25) is 5.15 Å². The van der Waals surface area contributed by atoms with E-state index in [1.165, 1.54) is 24.4 Å². The number of pyridine rings is 1. The van der Waals surface area contributed by atoms with Gasteiger partial charge >= 0.3 is 12.3 Å². The zero-order chi connectivity index (χ0) is 27.5. The van der Waals surface area contributed by atoms with Gasteiger partial charge in [-0.15, -0.1) is 0 Å². The fourth-order valence-corrected chi connectivity index (χ4v) is 3.74. The SMILES string of the molecule is CC(C)(C)OC(=O)NCc1cccc(C(F)(F)F)c1OC1CC(C(=O)Nc2cnc(Cl)cc2C(N)=O)C1. The predicted molar refractivity (Wildman–Crippen MR) is 128 cm³/mol. The van der Waals surface area contributed by atoms with Gasteiger partial charge in [0, 0.05) is 18.0 Å². The van der Waals surface area contributed by atoms with E-state index in [2.05, 4.69) is 15.6 Å². The molecule has 0 spiro atoms. The van der Waals surface area contributed by atoms with E-state index in [0.717, 1.165) is 6.07 Å². The van der Waals surface area contributed by atoms with Gasteiger partial charge in [-0.3, -0.25) is 9.59 Å². The number of hydrogen-bond acceptors (Lipinski definition) is 6. The number of anilines is 1. The highest BCUT2D eigenvalue weighted by Crippen LogP contribution is 2.41. The van der Waals surface area contributed by atoms with Gasteiger partial charge in [-0.05, 0) is 45.7 Å². The molecule has 3 amide bonds. The third kappa shape index (κ3) is 7.48. The molecule has 1 aromatic carbocycles. The summed E-state index contributed by atoms with van der Waals surface area (Å²) >= 11 is 5.76. The van der Waals surface area contributed by atoms with Crippen LogP contribution >= 0.6 is 11.6 Å². The molecular weight excluding hydrogens is 517 g/mol. The zero-order valence-corrected chi connectivity index (χ0v) is 21.0. The normalized spacial score (nSPS) is 17.4. The van der Waals surface area contributed by atoms with Crippen LogP contribution in [0.4, 0.5) is 23.7 Å². The number of ether oxygens (including phenoxy) is 2. The number of nitrogens with one attached hydrogen (secondary N) is 2. The zero-order valence-electron chi connectivity index (χ0n) is 20.2. The topological polar surface area (TPSA) is 133 Å². The first-order valence-corrected chi connectivity index (χ1v) is 11.6. The Bertz CT molecular complexity index is 1190. The van der Waals surface area contributed by atoms with E-state index < -0.39 is 53.0 Å². The molecule has 9 nitrogen and oxygen atoms in total. The van der Waals surface area contributed by atoms with Gasteiger partial charge in [0.05, 0.1) is 23.0 Å². The van der Waals surface area contributed by atoms with Crippen molar-refractivity contribution in [3.63, 3.8) is 0 Å². The summed E-state index contributed by atoms with van der Waals surface area (Å²) in [5.41, 5.74) is 3.68. The van der Waals surface area contributed by atoms with E-state index >= 15 is 0 Å². The average molecular weight is 543 g/mol. The molecule has 1 fully saturated rings. The Hall–Kier alpha value is -3.54. The lowest BCUT2D eigenvalue weighted by molar-refractivity contribution is -0.140. The fraction of sp³-hybridized carbons (Fsp3) is 0.417. The Morgan fingerprint density at radius 2 is 1.86 bits per heavy atom. The second-order valence-electron chi connectivity index (χ2n) is 9.46. The van der Waals surface area contributed by atoms with Crippen molar-refractivity contribution in [1.29, 1.82) is 0 Å². The molecule has 0 saturated heterocycles. The highest BCUT2D eigenvalue weighted by atomic mass is 35.5. The number of benzene rings is 1. The van der Waals surface area contributed by atoms with Crippen LogP contribution in [-0.2, 0) is 22.3 Å². The Kier molecular flexibility index (Phi) is 8.21. The maximum absolute atomic E-state index is 13.7. The molecule has 37 heavy (non-hydrogen) atoms. The Labute approximate surface area is 215 Å². The number of aromatic nitrogens is 1. The number of alkyl carbamates (subject to hydrolysis) is 1. The maximum Gasteiger partial charge on any atom is 0.419 e. The van der Waals surface area contributed by atoms with E-state index in [0.29, 0.717) is 0 Å². The van der Waals surface area contributed by atoms with Gasteiger partial charge < -0.3 is 25.8 Å². The first-order chi connectivity index (χ1) is 17.1. The molecule has 2 aromatic rings. The quantitative estimate of drug-likeness (QED) is 0.435. The molecule has 0 radical (unpaired) electrons. The monoisotopic (exact) mass is 542 g/mol. The van der Waals surface area contributed by atoms with Crippen molar-refractivity contribution in [2.45, 2.75) is 58.0 Å². The van der Waals surface area contributed by atoms with Crippen LogP contribution in [-0.4, -0.2) is 34.6 Å². The van der Waals surface area contributed by atoms with E-state index in [-0.39, 0.29) is 41.4 Å². The minimum Gasteiger partial charge on any atom is -0.489 e. The van der Waals surface area contributed by atoms with E-state index in [4.69, 9.17) is 26.8 Å². The first kappa shape index (κ1) is 28.0. The van der Waals surface area contributed by atoms with Crippen LogP contribution in [0.5, 0.6) is 5.75 Å². The number of alkyl halides is 3. The molecule has 0 bridgehead atoms. The molecule has 0 aliphatic heterocycles. The molecule has 1 aliphatic carbocycles. The van der Waals surface area contributed by atoms with Crippen LogP contribution in [0.1, 0.15) is 55.1 Å². The smallest absolute Gasteiger partial charge is 0.419 e. The number of carbonyl (C=O) groups excluding carboxylic acids is 3. The Balaban J connectivity index is 1.68. The van der Waals surface area contributed by atoms with Gasteiger partial charge in [0.1, 0.15) is 22.6 Å². The van der Waals surface area contributed by atoms with E-state index in [9.17, 15) is 27.6 Å². The second kappa shape index (κ2) is 10.8. The number of halogens is 4. The van der Waals surface area contributed by atoms with Gasteiger partial charge in [0.2, 0.25) is 5.91 Å². The molecule has 3 rings (SSSR count). The number of carbonyl (C=O) groups is 3. The van der Waals surface area contributed by atoms with E-state index in [1.54, 1.807) is 20.8 Å². The molecule has 13 heteroatoms. The average Bonchev–Trinajstić information content (AvgIpc) is 2.73. The van der Waals surface area contributed by atoms with Crippen molar-refractivity contribution in [2.75, 3.05) is 5.32 Å². The van der Waals surface area contributed by atoms with E-state index in [1.807, 2.05) is 0 Å². The number of nitrogens with two attached hydrogens (primary N) is 1. The molecule has 200 valence electrons. The molecule has 1 heterocycles. The van der Waals surface area contributed by atoms with Crippen LogP contribution in [0, 0.1) is 5.92 Å². The van der Waals surface area contributed by atoms with Crippen molar-refractivity contribution >= 4 is 35.2 Å². The van der Waals surface area contributed by atoms with Crippen LogP contribution in [0.3, 0.4) is 0 Å². The summed E-state index contributed by atoms with van der Waals surface area (Å²) in [4.78, 5) is 40.0. The predicted octanol–water partition coefficient (Wildman–Crippen LogP) is 4.67. The fourth-order valence-electron chi connectivity index (χ4n) is 3.58. The lowest BCUT2D eigenvalue weighted by Crippen LogP contribution is -2.41. The van der Waals surface area contributed by atoms with Gasteiger partial charge in [-0.25, -0.2) is 9.78 Å². The van der Waals surface area contributed by atoms with Crippen molar-refractivity contribution in [3.05, 3.63) is 52.3 Å². The maximum atomic E-state index is 13.7. The third-order valence-corrected chi connectivity index (χ3v) is 5.57. The molecule has 1 saturated carbocycles. The summed E-state index contributed by atoms with van der Waals surface area (Å²) in [6.07, 6.45) is -4.73. The summed E-state index contributed by atoms with van der Waals surface area (Å²) in [5.74, 6) is -2.29. The molecule has 1 aromatic heterocycles. The highest BCUT2D eigenvalue weighted by molar-refractivity contribution is 6.30. The molecular formula is C24H26ClF3N4O5. The summed E-state index contributed by atoms with van der Waals surface area (Å²) in [6, 6.07) is 4.72. The lowest BCUT2D eigenvalue weighted by Gasteiger charge is -2.35. The van der Waals surface area contributed by atoms with Gasteiger partial charge in [0.25, 0.3) is 5.91 Å². The first-order valence-electron chi connectivity index (χ1n) is 11.2. The number of primary amides is 1. The van der Waals surface area contributed by atoms with Crippen LogP contribution in [0.15, 0.2) is 30.5 Å². The van der Waals surface area contributed by atoms with Gasteiger partial charge in [-0.1, -0.05) is 23.7 Å². The molecule has 0 unspecified atom stereocenters. The lowest BCUT2D eigenvalue weighted by atomic mass is 9.81.